The summed E-state index contributed by atoms with van der Waals surface area (Å²) in [6.45, 7) is 5.31. The van der Waals surface area contributed by atoms with Crippen LogP contribution in [0.1, 0.15) is 33.1 Å². The predicted octanol–water partition coefficient (Wildman–Crippen LogP) is 1.31. The molecule has 0 fully saturated rings. The minimum atomic E-state index is -0.124. The lowest BCUT2D eigenvalue weighted by Crippen LogP contribution is -2.09. The van der Waals surface area contributed by atoms with Crippen LogP contribution in [-0.4, -0.2) is 19.1 Å². The highest BCUT2D eigenvalue weighted by Crippen LogP contribution is 2.00. The molecule has 72 valence electrons. The van der Waals surface area contributed by atoms with Crippen LogP contribution in [0.4, 0.5) is 0 Å². The number of ether oxygens (including phenoxy) is 1. The first-order valence-electron chi connectivity index (χ1n) is 4.52. The second-order valence-electron chi connectivity index (χ2n) is 3.30. The summed E-state index contributed by atoms with van der Waals surface area (Å²) in [7, 11) is 0. The molecule has 0 saturated heterocycles. The Labute approximate surface area is 74.3 Å². The van der Waals surface area contributed by atoms with Crippen LogP contribution in [0.15, 0.2) is 0 Å². The molecule has 0 atom stereocenters. The summed E-state index contributed by atoms with van der Waals surface area (Å²) in [6, 6.07) is 0. The van der Waals surface area contributed by atoms with E-state index in [0.717, 1.165) is 12.8 Å². The molecule has 12 heavy (non-hydrogen) atoms. The van der Waals surface area contributed by atoms with Gasteiger partial charge < -0.3 is 10.5 Å². The first kappa shape index (κ1) is 11.4. The molecule has 0 aromatic rings. The monoisotopic (exact) mass is 173 g/mol. The smallest absolute Gasteiger partial charge is 0.305 e. The van der Waals surface area contributed by atoms with Crippen molar-refractivity contribution < 1.29 is 9.53 Å². The summed E-state index contributed by atoms with van der Waals surface area (Å²) >= 11 is 0. The molecule has 3 nitrogen and oxygen atoms in total. The van der Waals surface area contributed by atoms with E-state index in [9.17, 15) is 4.79 Å². The largest absolute Gasteiger partial charge is 0.466 e. The number of carbonyl (C=O) groups excluding carboxylic acids is 1. The summed E-state index contributed by atoms with van der Waals surface area (Å²) in [6.07, 6.45) is 2.11. The number of nitrogens with two attached hydrogens (primary N) is 1. The molecule has 2 N–H and O–H groups in total. The highest BCUT2D eigenvalue weighted by molar-refractivity contribution is 5.69. The SMILES string of the molecule is CC(C)CCOC(=O)CCCN. The van der Waals surface area contributed by atoms with Gasteiger partial charge in [-0.3, -0.25) is 4.79 Å². The standard InChI is InChI=1S/C9H19NO2/c1-8(2)5-7-12-9(11)4-3-6-10/h8H,3-7,10H2,1-2H3. The maximum Gasteiger partial charge on any atom is 0.305 e. The fourth-order valence-corrected chi connectivity index (χ4v) is 0.727. The zero-order chi connectivity index (χ0) is 9.40. The zero-order valence-electron chi connectivity index (χ0n) is 8.01. The second-order valence-corrected chi connectivity index (χ2v) is 3.30. The molecule has 0 aromatic carbocycles. The molecular weight excluding hydrogens is 154 g/mol. The number of carbonyl (C=O) groups is 1. The summed E-state index contributed by atoms with van der Waals surface area (Å²) < 4.78 is 4.96. The predicted molar refractivity (Wildman–Crippen MR) is 48.7 cm³/mol. The third kappa shape index (κ3) is 7.54. The van der Waals surface area contributed by atoms with Gasteiger partial charge in [-0.1, -0.05) is 13.8 Å². The molecule has 0 heterocycles. The molecule has 0 aromatic heterocycles. The van der Waals surface area contributed by atoms with Gasteiger partial charge in [-0.2, -0.15) is 0 Å². The van der Waals surface area contributed by atoms with Gasteiger partial charge in [-0.15, -0.1) is 0 Å². The van der Waals surface area contributed by atoms with Crippen molar-refractivity contribution in [3.8, 4) is 0 Å². The Hall–Kier alpha value is -0.570. The Kier molecular flexibility index (Phi) is 6.76. The molecule has 0 saturated carbocycles. The lowest BCUT2D eigenvalue weighted by atomic mass is 10.1. The Morgan fingerprint density at radius 1 is 1.50 bits per heavy atom. The Morgan fingerprint density at radius 2 is 2.17 bits per heavy atom. The van der Waals surface area contributed by atoms with Crippen LogP contribution in [0.25, 0.3) is 0 Å². The maximum atomic E-state index is 10.9. The van der Waals surface area contributed by atoms with Gasteiger partial charge in [0, 0.05) is 6.42 Å². The lowest BCUT2D eigenvalue weighted by molar-refractivity contribution is -0.144. The van der Waals surface area contributed by atoms with Crippen LogP contribution in [0.3, 0.4) is 0 Å². The normalized spacial score (nSPS) is 10.3. The van der Waals surface area contributed by atoms with Gasteiger partial charge in [0.05, 0.1) is 6.61 Å². The van der Waals surface area contributed by atoms with Gasteiger partial charge in [0.1, 0.15) is 0 Å². The van der Waals surface area contributed by atoms with Crippen molar-refractivity contribution >= 4 is 5.97 Å². The summed E-state index contributed by atoms with van der Waals surface area (Å²) in [5.74, 6) is 0.466. The Balaban J connectivity index is 3.20. The molecule has 0 amide bonds. The van der Waals surface area contributed by atoms with Crippen molar-refractivity contribution in [1.29, 1.82) is 0 Å². The van der Waals surface area contributed by atoms with Gasteiger partial charge >= 0.3 is 5.97 Å². The highest BCUT2D eigenvalue weighted by Gasteiger charge is 2.01. The van der Waals surface area contributed by atoms with Crippen molar-refractivity contribution in [2.24, 2.45) is 11.7 Å². The Bertz CT molecular complexity index is 124. The average molecular weight is 173 g/mol. The molecular formula is C9H19NO2. The van der Waals surface area contributed by atoms with Crippen molar-refractivity contribution in [2.45, 2.75) is 33.1 Å². The Morgan fingerprint density at radius 3 is 2.67 bits per heavy atom. The lowest BCUT2D eigenvalue weighted by Gasteiger charge is -2.05. The minimum Gasteiger partial charge on any atom is -0.466 e. The van der Waals surface area contributed by atoms with E-state index in [1.54, 1.807) is 0 Å². The molecule has 0 rings (SSSR count). The zero-order valence-corrected chi connectivity index (χ0v) is 8.01. The van der Waals surface area contributed by atoms with Crippen molar-refractivity contribution in [1.82, 2.24) is 0 Å². The molecule has 0 aliphatic rings. The second kappa shape index (κ2) is 7.10. The molecule has 0 spiro atoms. The maximum absolute atomic E-state index is 10.9. The van der Waals surface area contributed by atoms with E-state index in [1.807, 2.05) is 0 Å². The van der Waals surface area contributed by atoms with Crippen LogP contribution in [0.5, 0.6) is 0 Å². The highest BCUT2D eigenvalue weighted by atomic mass is 16.5. The van der Waals surface area contributed by atoms with Gasteiger partial charge in [0.25, 0.3) is 0 Å². The molecule has 0 unspecified atom stereocenters. The summed E-state index contributed by atoms with van der Waals surface area (Å²) in [5.41, 5.74) is 5.25. The first-order chi connectivity index (χ1) is 5.66. The minimum absolute atomic E-state index is 0.124. The number of hydrogen-bond acceptors (Lipinski definition) is 3. The van der Waals surface area contributed by atoms with Crippen LogP contribution < -0.4 is 5.73 Å². The topological polar surface area (TPSA) is 52.3 Å². The van der Waals surface area contributed by atoms with Crippen molar-refractivity contribution in [3.63, 3.8) is 0 Å². The first-order valence-corrected chi connectivity index (χ1v) is 4.52. The fraction of sp³-hybridized carbons (Fsp3) is 0.889. The summed E-state index contributed by atoms with van der Waals surface area (Å²) in [5, 5.41) is 0. The fourth-order valence-electron chi connectivity index (χ4n) is 0.727. The van der Waals surface area contributed by atoms with Crippen LogP contribution >= 0.6 is 0 Å². The number of esters is 1. The van der Waals surface area contributed by atoms with Crippen molar-refractivity contribution in [3.05, 3.63) is 0 Å². The third-order valence-corrected chi connectivity index (χ3v) is 1.54. The molecule has 3 heteroatoms. The van der Waals surface area contributed by atoms with E-state index in [2.05, 4.69) is 13.8 Å². The van der Waals surface area contributed by atoms with Gasteiger partial charge in [-0.05, 0) is 25.3 Å². The van der Waals surface area contributed by atoms with E-state index in [0.29, 0.717) is 25.5 Å². The molecule has 0 aliphatic carbocycles. The molecule has 0 bridgehead atoms. The van der Waals surface area contributed by atoms with Crippen LogP contribution in [0.2, 0.25) is 0 Å². The molecule has 0 radical (unpaired) electrons. The van der Waals surface area contributed by atoms with E-state index < -0.39 is 0 Å². The third-order valence-electron chi connectivity index (χ3n) is 1.54. The van der Waals surface area contributed by atoms with Gasteiger partial charge in [-0.25, -0.2) is 0 Å². The van der Waals surface area contributed by atoms with Crippen LogP contribution in [0, 0.1) is 5.92 Å². The van der Waals surface area contributed by atoms with Gasteiger partial charge in [0.15, 0.2) is 0 Å². The van der Waals surface area contributed by atoms with Crippen molar-refractivity contribution in [2.75, 3.05) is 13.2 Å². The molecule has 0 aliphatic heterocycles. The number of hydrogen-bond donors (Lipinski definition) is 1. The number of rotatable bonds is 6. The van der Waals surface area contributed by atoms with Gasteiger partial charge in [0.2, 0.25) is 0 Å². The van der Waals surface area contributed by atoms with E-state index in [4.69, 9.17) is 10.5 Å². The van der Waals surface area contributed by atoms with Crippen LogP contribution in [-0.2, 0) is 9.53 Å². The van der Waals surface area contributed by atoms with E-state index in [1.165, 1.54) is 0 Å². The summed E-state index contributed by atoms with van der Waals surface area (Å²) in [4.78, 5) is 10.9. The van der Waals surface area contributed by atoms with E-state index in [-0.39, 0.29) is 5.97 Å². The quantitative estimate of drug-likeness (QED) is 0.616. The van der Waals surface area contributed by atoms with E-state index >= 15 is 0 Å². The average Bonchev–Trinajstić information content (AvgIpc) is 2.00.